The molecular weight excluding hydrogens is 753 g/mol. The van der Waals surface area contributed by atoms with Gasteiger partial charge in [0.15, 0.2) is 0 Å². The van der Waals surface area contributed by atoms with Crippen LogP contribution in [0.3, 0.4) is 0 Å². The molecule has 0 aromatic heterocycles. The van der Waals surface area contributed by atoms with Crippen molar-refractivity contribution in [3.8, 4) is 0 Å². The number of hydrogen-bond acceptors (Lipinski definition) is 8. The summed E-state index contributed by atoms with van der Waals surface area (Å²) in [5.74, 6) is -1.04. The third-order valence-electron chi connectivity index (χ3n) is 11.7. The predicted molar refractivity (Wildman–Crippen MR) is 252 cm³/mol. The lowest BCUT2D eigenvalue weighted by molar-refractivity contribution is -0.146. The molecule has 0 saturated heterocycles. The number of methoxy groups -OCH3 is 1. The van der Waals surface area contributed by atoms with Crippen LogP contribution >= 0.6 is 0 Å². The molecule has 0 aliphatic heterocycles. The van der Waals surface area contributed by atoms with Gasteiger partial charge in [0.2, 0.25) is 5.91 Å². The van der Waals surface area contributed by atoms with Gasteiger partial charge in [0.25, 0.3) is 0 Å². The van der Waals surface area contributed by atoms with Crippen LogP contribution in [-0.2, 0) is 33.3 Å². The summed E-state index contributed by atoms with van der Waals surface area (Å²) < 4.78 is 22.0. The fourth-order valence-electron chi connectivity index (χ4n) is 7.81. The summed E-state index contributed by atoms with van der Waals surface area (Å²) >= 11 is 0. The lowest BCUT2D eigenvalue weighted by atomic mass is 10.0. The van der Waals surface area contributed by atoms with Gasteiger partial charge in [0.05, 0.1) is 51.9 Å². The van der Waals surface area contributed by atoms with Gasteiger partial charge in [0.1, 0.15) is 0 Å². The first-order valence-electron chi connectivity index (χ1n) is 25.9. The van der Waals surface area contributed by atoms with Crippen LogP contribution in [0, 0.1) is 0 Å². The number of amides is 1. The first kappa shape index (κ1) is 58.3. The van der Waals surface area contributed by atoms with E-state index in [4.69, 9.17) is 18.9 Å². The maximum Gasteiger partial charge on any atom is 0.307 e. The molecule has 0 bridgehead atoms. The smallest absolute Gasteiger partial charge is 0.307 e. The second kappa shape index (κ2) is 48.3. The van der Waals surface area contributed by atoms with E-state index in [1.54, 1.807) is 7.11 Å². The first-order valence-corrected chi connectivity index (χ1v) is 25.9. The Morgan fingerprint density at radius 2 is 0.800 bits per heavy atom. The Labute approximate surface area is 371 Å². The van der Waals surface area contributed by atoms with Gasteiger partial charge in [-0.25, -0.2) is 0 Å². The highest BCUT2D eigenvalue weighted by Crippen LogP contribution is 2.16. The van der Waals surface area contributed by atoms with Gasteiger partial charge in [-0.2, -0.15) is 0 Å². The van der Waals surface area contributed by atoms with E-state index in [2.05, 4.69) is 31.4 Å². The van der Waals surface area contributed by atoms with Gasteiger partial charge in [-0.05, 0) is 32.2 Å². The van der Waals surface area contributed by atoms with Crippen molar-refractivity contribution in [2.24, 2.45) is 0 Å². The van der Waals surface area contributed by atoms with Gasteiger partial charge in [-0.1, -0.05) is 213 Å². The van der Waals surface area contributed by atoms with Crippen molar-refractivity contribution in [3.63, 3.8) is 0 Å². The van der Waals surface area contributed by atoms with Crippen LogP contribution in [0.15, 0.2) is 0 Å². The summed E-state index contributed by atoms with van der Waals surface area (Å²) in [4.78, 5) is 38.5. The summed E-state index contributed by atoms with van der Waals surface area (Å²) in [7, 11) is 1.65. The van der Waals surface area contributed by atoms with E-state index in [1.807, 2.05) is 0 Å². The van der Waals surface area contributed by atoms with Gasteiger partial charge in [-0.3, -0.25) is 14.4 Å². The number of ether oxygens (including phenoxy) is 4. The van der Waals surface area contributed by atoms with Gasteiger partial charge >= 0.3 is 11.9 Å². The lowest BCUT2D eigenvalue weighted by Gasteiger charge is -2.19. The normalized spacial score (nSPS) is 11.9. The molecule has 1 amide bonds. The quantitative estimate of drug-likeness (QED) is 0.0460. The molecule has 0 saturated carbocycles. The minimum atomic E-state index is -0.670. The van der Waals surface area contributed by atoms with E-state index >= 15 is 0 Å². The summed E-state index contributed by atoms with van der Waals surface area (Å²) in [5, 5.41) is 6.06. The second-order valence-corrected chi connectivity index (χ2v) is 17.6. The number of carbonyl (C=O) groups excluding carboxylic acids is 3. The molecule has 0 radical (unpaired) electrons. The number of nitrogens with one attached hydrogen (secondary N) is 2. The van der Waals surface area contributed by atoms with Crippen LogP contribution < -0.4 is 10.6 Å². The van der Waals surface area contributed by atoms with Crippen molar-refractivity contribution >= 4 is 17.8 Å². The number of unbranched alkanes of at least 4 members (excludes halogenated alkanes) is 30. The third-order valence-corrected chi connectivity index (χ3v) is 11.7. The Bertz CT molecular complexity index is 868. The zero-order chi connectivity index (χ0) is 43.8. The van der Waals surface area contributed by atoms with E-state index in [0.717, 1.165) is 51.4 Å². The van der Waals surface area contributed by atoms with E-state index in [9.17, 15) is 14.4 Å². The van der Waals surface area contributed by atoms with E-state index in [-0.39, 0.29) is 43.3 Å². The topological polar surface area (TPSA) is 112 Å². The monoisotopic (exact) mass is 853 g/mol. The molecular formula is C51H100N2O7. The molecule has 2 N–H and O–H groups in total. The number of carbonyl (C=O) groups is 3. The zero-order valence-electron chi connectivity index (χ0n) is 40.2. The molecule has 1 atom stereocenters. The molecule has 60 heavy (non-hydrogen) atoms. The molecule has 9 nitrogen and oxygen atoms in total. The molecule has 9 heteroatoms. The first-order chi connectivity index (χ1) is 29.5. The maximum absolute atomic E-state index is 12.9. The van der Waals surface area contributed by atoms with Crippen LogP contribution in [0.25, 0.3) is 0 Å². The Balaban J connectivity index is 4.33. The fourth-order valence-corrected chi connectivity index (χ4v) is 7.81. The highest BCUT2D eigenvalue weighted by Gasteiger charge is 2.22. The average molecular weight is 853 g/mol. The Morgan fingerprint density at radius 3 is 1.13 bits per heavy atom. The van der Waals surface area contributed by atoms with Crippen LogP contribution in [0.2, 0.25) is 0 Å². The largest absolute Gasteiger partial charge is 0.466 e. The third kappa shape index (κ3) is 44.3. The Hall–Kier alpha value is -1.71. The van der Waals surface area contributed by atoms with Gasteiger partial charge in [-0.15, -0.1) is 0 Å². The standard InChI is InChI=1S/C51H100N2O7/c1-5-8-10-12-14-16-18-20-22-24-26-28-30-32-34-36-40-59-50(55)44-47(53-49(54)46-52-39-38-48(7-3)58-43-42-57-4)45-51(56)60-41-37-35-33-31-29-27-25-23-21-19-17-15-13-11-9-6-2/h47-48,52H,5-46H2,1-4H3,(H,53,54). The minimum absolute atomic E-state index is 0.0516. The highest BCUT2D eigenvalue weighted by molar-refractivity contribution is 5.81. The minimum Gasteiger partial charge on any atom is -0.466 e. The molecule has 0 spiro atoms. The Kier molecular flexibility index (Phi) is 46.9. The van der Waals surface area contributed by atoms with Crippen LogP contribution in [0.1, 0.15) is 252 Å². The van der Waals surface area contributed by atoms with Crippen molar-refractivity contribution in [2.45, 2.75) is 264 Å². The van der Waals surface area contributed by atoms with E-state index < -0.39 is 6.04 Å². The molecule has 0 aromatic rings. The zero-order valence-corrected chi connectivity index (χ0v) is 40.2. The van der Waals surface area contributed by atoms with Crippen molar-refractivity contribution in [3.05, 3.63) is 0 Å². The average Bonchev–Trinajstić information content (AvgIpc) is 3.23. The number of esters is 2. The summed E-state index contributed by atoms with van der Waals surface area (Å²) in [6.07, 6.45) is 43.0. The number of rotatable bonds is 49. The second-order valence-electron chi connectivity index (χ2n) is 17.6. The van der Waals surface area contributed by atoms with E-state index in [1.165, 1.54) is 167 Å². The maximum atomic E-state index is 12.9. The summed E-state index contributed by atoms with van der Waals surface area (Å²) in [6, 6.07) is -0.670. The summed E-state index contributed by atoms with van der Waals surface area (Å²) in [6.45, 7) is 9.17. The molecule has 1 unspecified atom stereocenters. The molecule has 356 valence electrons. The van der Waals surface area contributed by atoms with Crippen molar-refractivity contribution in [2.75, 3.05) is 46.6 Å². The van der Waals surface area contributed by atoms with Crippen molar-refractivity contribution < 1.29 is 33.3 Å². The van der Waals surface area contributed by atoms with Gasteiger partial charge < -0.3 is 29.6 Å². The van der Waals surface area contributed by atoms with Crippen LogP contribution in [0.5, 0.6) is 0 Å². The number of hydrogen-bond donors (Lipinski definition) is 2. The fraction of sp³-hybridized carbons (Fsp3) is 0.941. The van der Waals surface area contributed by atoms with Crippen molar-refractivity contribution in [1.82, 2.24) is 10.6 Å². The predicted octanol–water partition coefficient (Wildman–Crippen LogP) is 13.3. The molecule has 0 aliphatic carbocycles. The van der Waals surface area contributed by atoms with Crippen LogP contribution in [-0.4, -0.2) is 76.6 Å². The summed E-state index contributed by atoms with van der Waals surface area (Å²) in [5.41, 5.74) is 0. The van der Waals surface area contributed by atoms with Gasteiger partial charge in [0, 0.05) is 13.2 Å². The molecule has 0 aromatic carbocycles. The molecule has 0 aliphatic rings. The highest BCUT2D eigenvalue weighted by atomic mass is 16.5. The van der Waals surface area contributed by atoms with E-state index in [0.29, 0.717) is 33.0 Å². The lowest BCUT2D eigenvalue weighted by Crippen LogP contribution is -2.43. The van der Waals surface area contributed by atoms with Crippen LogP contribution in [0.4, 0.5) is 0 Å². The molecule has 0 heterocycles. The molecule has 0 rings (SSSR count). The SMILES string of the molecule is CCCCCCCCCCCCCCCCCCOC(=O)CC(CC(=O)OCCCCCCCCCCCCCCCCCC)NC(=O)CNCCC(CC)OCCOC. The Morgan fingerprint density at radius 1 is 0.450 bits per heavy atom. The molecule has 0 fully saturated rings. The van der Waals surface area contributed by atoms with Crippen molar-refractivity contribution in [1.29, 1.82) is 0 Å².